The van der Waals surface area contributed by atoms with Gasteiger partial charge in [0.05, 0.1) is 16.9 Å². The summed E-state index contributed by atoms with van der Waals surface area (Å²) in [4.78, 5) is 6.75. The molecule has 1 aromatic heterocycles. The lowest BCUT2D eigenvalue weighted by molar-refractivity contribution is 0.402. The third kappa shape index (κ3) is 3.05. The van der Waals surface area contributed by atoms with Gasteiger partial charge >= 0.3 is 0 Å². The van der Waals surface area contributed by atoms with Gasteiger partial charge in [-0.05, 0) is 52.3 Å². The topological polar surface area (TPSA) is 52.0 Å². The molecule has 1 aliphatic rings. The van der Waals surface area contributed by atoms with Crippen LogP contribution >= 0.6 is 0 Å². The summed E-state index contributed by atoms with van der Waals surface area (Å²) in [7, 11) is 2.00. The molecule has 0 aliphatic carbocycles. The van der Waals surface area contributed by atoms with Gasteiger partial charge in [0.1, 0.15) is 6.07 Å². The summed E-state index contributed by atoms with van der Waals surface area (Å²) in [6.07, 6.45) is 2.46. The van der Waals surface area contributed by atoms with Crippen LogP contribution in [0.15, 0.2) is 6.07 Å². The number of nitrogens with one attached hydrogen (secondary N) is 1. The number of aromatic nitrogens is 1. The van der Waals surface area contributed by atoms with Crippen molar-refractivity contribution in [3.8, 4) is 6.07 Å². The Morgan fingerprint density at radius 2 is 2.32 bits per heavy atom. The number of piperidine rings is 1. The van der Waals surface area contributed by atoms with Crippen LogP contribution < -0.4 is 10.2 Å². The number of anilines is 1. The van der Waals surface area contributed by atoms with Crippen molar-refractivity contribution in [2.75, 3.05) is 31.6 Å². The average Bonchev–Trinajstić information content (AvgIpc) is 2.38. The van der Waals surface area contributed by atoms with Gasteiger partial charge in [-0.25, -0.2) is 0 Å². The Morgan fingerprint density at radius 1 is 1.53 bits per heavy atom. The van der Waals surface area contributed by atoms with E-state index >= 15 is 0 Å². The number of pyridine rings is 1. The van der Waals surface area contributed by atoms with Gasteiger partial charge in [-0.15, -0.1) is 0 Å². The molecular weight excluding hydrogens is 236 g/mol. The van der Waals surface area contributed by atoms with Crippen LogP contribution in [0.3, 0.4) is 0 Å². The molecule has 0 amide bonds. The first kappa shape index (κ1) is 13.8. The van der Waals surface area contributed by atoms with Crippen LogP contribution in [0.5, 0.6) is 0 Å². The zero-order chi connectivity index (χ0) is 13.8. The summed E-state index contributed by atoms with van der Waals surface area (Å²) >= 11 is 0. The van der Waals surface area contributed by atoms with Crippen LogP contribution in [0, 0.1) is 31.1 Å². The second kappa shape index (κ2) is 6.03. The van der Waals surface area contributed by atoms with Gasteiger partial charge in [0.15, 0.2) is 0 Å². The molecule has 2 rings (SSSR count). The number of aryl methyl sites for hydroxylation is 2. The number of hydrogen-bond acceptors (Lipinski definition) is 4. The van der Waals surface area contributed by atoms with Crippen molar-refractivity contribution in [2.45, 2.75) is 26.7 Å². The maximum atomic E-state index is 9.36. The summed E-state index contributed by atoms with van der Waals surface area (Å²) < 4.78 is 0. The van der Waals surface area contributed by atoms with Gasteiger partial charge in [0.25, 0.3) is 0 Å². The molecule has 0 aromatic carbocycles. The molecule has 1 unspecified atom stereocenters. The van der Waals surface area contributed by atoms with E-state index < -0.39 is 0 Å². The average molecular weight is 258 g/mol. The zero-order valence-corrected chi connectivity index (χ0v) is 12.0. The molecule has 4 heteroatoms. The number of nitrogens with zero attached hydrogens (tertiary/aromatic N) is 3. The molecule has 1 atom stereocenters. The van der Waals surface area contributed by atoms with Crippen LogP contribution in [0.4, 0.5) is 5.69 Å². The quantitative estimate of drug-likeness (QED) is 0.901. The lowest BCUT2D eigenvalue weighted by Gasteiger charge is -2.35. The lowest BCUT2D eigenvalue weighted by Crippen LogP contribution is -2.39. The van der Waals surface area contributed by atoms with Crippen LogP contribution in [-0.2, 0) is 0 Å². The van der Waals surface area contributed by atoms with Crippen molar-refractivity contribution in [3.63, 3.8) is 0 Å². The zero-order valence-electron chi connectivity index (χ0n) is 12.0. The number of rotatable bonds is 3. The second-order valence-corrected chi connectivity index (χ2v) is 5.37. The van der Waals surface area contributed by atoms with Gasteiger partial charge in [0.2, 0.25) is 0 Å². The molecule has 0 bridgehead atoms. The smallest absolute Gasteiger partial charge is 0.103 e. The Bertz CT molecular complexity index is 488. The fourth-order valence-electron chi connectivity index (χ4n) is 2.93. The molecule has 1 fully saturated rings. The third-order valence-corrected chi connectivity index (χ3v) is 3.77. The van der Waals surface area contributed by atoms with E-state index in [-0.39, 0.29) is 0 Å². The highest BCUT2D eigenvalue weighted by Gasteiger charge is 2.22. The van der Waals surface area contributed by atoms with Crippen LogP contribution in [0.2, 0.25) is 0 Å². The van der Waals surface area contributed by atoms with E-state index in [0.717, 1.165) is 42.3 Å². The molecule has 102 valence electrons. The maximum Gasteiger partial charge on any atom is 0.103 e. The molecule has 1 N–H and O–H groups in total. The highest BCUT2D eigenvalue weighted by atomic mass is 15.1. The Morgan fingerprint density at radius 3 is 3.00 bits per heavy atom. The molecule has 0 radical (unpaired) electrons. The first-order chi connectivity index (χ1) is 9.15. The molecule has 1 aromatic rings. The minimum Gasteiger partial charge on any atom is -0.370 e. The summed E-state index contributed by atoms with van der Waals surface area (Å²) in [5, 5.41) is 12.6. The second-order valence-electron chi connectivity index (χ2n) is 5.37. The molecule has 4 nitrogen and oxygen atoms in total. The van der Waals surface area contributed by atoms with Crippen molar-refractivity contribution in [2.24, 2.45) is 5.92 Å². The predicted molar refractivity (Wildman–Crippen MR) is 77.3 cm³/mol. The Balaban J connectivity index is 2.28. The van der Waals surface area contributed by atoms with E-state index in [1.54, 1.807) is 0 Å². The highest BCUT2D eigenvalue weighted by molar-refractivity contribution is 5.61. The number of hydrogen-bond donors (Lipinski definition) is 1. The van der Waals surface area contributed by atoms with Gasteiger partial charge < -0.3 is 10.2 Å². The highest BCUT2D eigenvalue weighted by Crippen LogP contribution is 2.27. The van der Waals surface area contributed by atoms with Crippen molar-refractivity contribution in [1.82, 2.24) is 10.3 Å². The fourth-order valence-corrected chi connectivity index (χ4v) is 2.93. The molecule has 1 aliphatic heterocycles. The van der Waals surface area contributed by atoms with Crippen LogP contribution in [0.1, 0.15) is 29.8 Å². The standard InChI is InChI=1S/C15H22N4/c1-11-7-15(14(8-16)12(2)18-11)19-6-4-5-13(10-19)9-17-3/h7,13,17H,4-6,9-10H2,1-3H3. The summed E-state index contributed by atoms with van der Waals surface area (Å²) in [6.45, 7) is 7.02. The third-order valence-electron chi connectivity index (χ3n) is 3.77. The van der Waals surface area contributed by atoms with Crippen LogP contribution in [-0.4, -0.2) is 31.7 Å². The first-order valence-electron chi connectivity index (χ1n) is 6.93. The van der Waals surface area contributed by atoms with Crippen molar-refractivity contribution >= 4 is 5.69 Å². The summed E-state index contributed by atoms with van der Waals surface area (Å²) in [5.41, 5.74) is 3.62. The van der Waals surface area contributed by atoms with Crippen molar-refractivity contribution < 1.29 is 0 Å². The normalized spacial score (nSPS) is 19.3. The fraction of sp³-hybridized carbons (Fsp3) is 0.600. The Labute approximate surface area is 115 Å². The molecular formula is C15H22N4. The number of nitriles is 1. The molecule has 1 saturated heterocycles. The Kier molecular flexibility index (Phi) is 4.39. The van der Waals surface area contributed by atoms with E-state index in [4.69, 9.17) is 0 Å². The SMILES string of the molecule is CNCC1CCCN(c2cc(C)nc(C)c2C#N)C1. The van der Waals surface area contributed by atoms with E-state index in [0.29, 0.717) is 5.92 Å². The largest absolute Gasteiger partial charge is 0.370 e. The van der Waals surface area contributed by atoms with E-state index in [2.05, 4.69) is 21.3 Å². The monoisotopic (exact) mass is 258 g/mol. The lowest BCUT2D eigenvalue weighted by atomic mass is 9.96. The van der Waals surface area contributed by atoms with Gasteiger partial charge in [-0.2, -0.15) is 5.26 Å². The molecule has 0 spiro atoms. The van der Waals surface area contributed by atoms with Gasteiger partial charge in [-0.3, -0.25) is 4.98 Å². The molecule has 0 saturated carbocycles. The summed E-state index contributed by atoms with van der Waals surface area (Å²) in [6, 6.07) is 4.36. The first-order valence-corrected chi connectivity index (χ1v) is 6.93. The Hall–Kier alpha value is -1.60. The minimum atomic E-state index is 0.666. The van der Waals surface area contributed by atoms with Crippen LogP contribution in [0.25, 0.3) is 0 Å². The molecule has 2 heterocycles. The van der Waals surface area contributed by atoms with Crippen molar-refractivity contribution in [3.05, 3.63) is 23.0 Å². The van der Waals surface area contributed by atoms with E-state index in [1.165, 1.54) is 12.8 Å². The molecule has 19 heavy (non-hydrogen) atoms. The van der Waals surface area contributed by atoms with E-state index in [9.17, 15) is 5.26 Å². The minimum absolute atomic E-state index is 0.666. The van der Waals surface area contributed by atoms with Gasteiger partial charge in [0, 0.05) is 18.8 Å². The van der Waals surface area contributed by atoms with E-state index in [1.807, 2.05) is 27.0 Å². The predicted octanol–water partition coefficient (Wildman–Crippen LogP) is 2.01. The van der Waals surface area contributed by atoms with Crippen molar-refractivity contribution in [1.29, 1.82) is 5.26 Å². The summed E-state index contributed by atoms with van der Waals surface area (Å²) in [5.74, 6) is 0.666. The van der Waals surface area contributed by atoms with Gasteiger partial charge in [-0.1, -0.05) is 0 Å². The maximum absolute atomic E-state index is 9.36.